The molecule has 1 aromatic carbocycles. The molecule has 0 radical (unpaired) electrons. The number of rotatable bonds is 7. The highest BCUT2D eigenvalue weighted by atomic mass is 16.5. The van der Waals surface area contributed by atoms with E-state index in [4.69, 9.17) is 9.84 Å². The maximum atomic E-state index is 11.7. The zero-order valence-electron chi connectivity index (χ0n) is 11.5. The topological polar surface area (TPSA) is 92.7 Å². The lowest BCUT2D eigenvalue weighted by molar-refractivity contribution is -0.151. The first kappa shape index (κ1) is 15.0. The number of hydrogen-bond acceptors (Lipinski definition) is 4. The molecule has 1 aliphatic carbocycles. The normalized spacial score (nSPS) is 15.0. The van der Waals surface area contributed by atoms with Crippen LogP contribution in [-0.2, 0) is 25.7 Å². The highest BCUT2D eigenvalue weighted by Gasteiger charge is 2.33. The molecule has 0 heterocycles. The molecule has 0 aliphatic heterocycles. The Kier molecular flexibility index (Phi) is 4.92. The van der Waals surface area contributed by atoms with Gasteiger partial charge in [0.25, 0.3) is 0 Å². The van der Waals surface area contributed by atoms with E-state index in [0.29, 0.717) is 0 Å². The standard InChI is InChI=1S/C15H17NO5/c17-13(21-9-10-4-2-1-3-5-10)8-12(15(19)20)16-14(18)11-6-7-11/h1-5,11-12H,6-9H2,(H,16,18)(H,19,20)/t12-/m0/s1. The minimum atomic E-state index is -1.24. The molecular weight excluding hydrogens is 274 g/mol. The number of nitrogens with one attached hydrogen (secondary N) is 1. The second-order valence-electron chi connectivity index (χ2n) is 5.02. The predicted octanol–water partition coefficient (Wildman–Crippen LogP) is 1.10. The van der Waals surface area contributed by atoms with Crippen LogP contribution in [0, 0.1) is 5.92 Å². The Morgan fingerprint density at radius 2 is 1.90 bits per heavy atom. The van der Waals surface area contributed by atoms with Gasteiger partial charge in [0.15, 0.2) is 0 Å². The van der Waals surface area contributed by atoms with E-state index in [2.05, 4.69) is 5.32 Å². The van der Waals surface area contributed by atoms with E-state index in [9.17, 15) is 14.4 Å². The zero-order valence-corrected chi connectivity index (χ0v) is 11.5. The molecular formula is C15H17NO5. The van der Waals surface area contributed by atoms with Gasteiger partial charge in [0.2, 0.25) is 5.91 Å². The summed E-state index contributed by atoms with van der Waals surface area (Å²) in [6.45, 7) is 0.0859. The molecule has 1 saturated carbocycles. The number of hydrogen-bond donors (Lipinski definition) is 2. The van der Waals surface area contributed by atoms with Crippen LogP contribution < -0.4 is 5.32 Å². The Hall–Kier alpha value is -2.37. The molecule has 1 amide bonds. The van der Waals surface area contributed by atoms with Crippen molar-refractivity contribution < 1.29 is 24.2 Å². The summed E-state index contributed by atoms with van der Waals surface area (Å²) in [6, 6.07) is 7.85. The molecule has 2 rings (SSSR count). The molecule has 0 spiro atoms. The molecule has 0 saturated heterocycles. The lowest BCUT2D eigenvalue weighted by atomic mass is 10.2. The van der Waals surface area contributed by atoms with Crippen LogP contribution in [0.5, 0.6) is 0 Å². The van der Waals surface area contributed by atoms with E-state index in [1.807, 2.05) is 18.2 Å². The number of carbonyl (C=O) groups excluding carboxylic acids is 2. The van der Waals surface area contributed by atoms with Crippen molar-refractivity contribution in [2.45, 2.75) is 31.9 Å². The van der Waals surface area contributed by atoms with Gasteiger partial charge in [-0.25, -0.2) is 4.79 Å². The monoisotopic (exact) mass is 291 g/mol. The molecule has 21 heavy (non-hydrogen) atoms. The third-order valence-corrected chi connectivity index (χ3v) is 3.18. The summed E-state index contributed by atoms with van der Waals surface area (Å²) in [5.41, 5.74) is 0.819. The molecule has 6 heteroatoms. The molecule has 2 N–H and O–H groups in total. The first-order valence-corrected chi connectivity index (χ1v) is 6.79. The lowest BCUT2D eigenvalue weighted by Gasteiger charge is -2.13. The second kappa shape index (κ2) is 6.88. The highest BCUT2D eigenvalue weighted by Crippen LogP contribution is 2.28. The Labute approximate surface area is 122 Å². The molecule has 6 nitrogen and oxygen atoms in total. The quantitative estimate of drug-likeness (QED) is 0.734. The fourth-order valence-electron chi connectivity index (χ4n) is 1.80. The van der Waals surface area contributed by atoms with Gasteiger partial charge in [0, 0.05) is 5.92 Å². The van der Waals surface area contributed by atoms with E-state index < -0.39 is 18.0 Å². The average Bonchev–Trinajstić information content (AvgIpc) is 3.30. The summed E-state index contributed by atoms with van der Waals surface area (Å²) in [5.74, 6) is -2.30. The van der Waals surface area contributed by atoms with Crippen LogP contribution in [0.1, 0.15) is 24.8 Å². The van der Waals surface area contributed by atoms with Crippen LogP contribution in [0.3, 0.4) is 0 Å². The van der Waals surface area contributed by atoms with Crippen LogP contribution in [0.4, 0.5) is 0 Å². The van der Waals surface area contributed by atoms with Gasteiger partial charge in [-0.1, -0.05) is 30.3 Å². The van der Waals surface area contributed by atoms with Crippen molar-refractivity contribution >= 4 is 17.8 Å². The summed E-state index contributed by atoms with van der Waals surface area (Å²) < 4.78 is 5.01. The number of ether oxygens (including phenoxy) is 1. The van der Waals surface area contributed by atoms with E-state index in [1.165, 1.54) is 0 Å². The average molecular weight is 291 g/mol. The molecule has 0 bridgehead atoms. The number of carboxylic acid groups (broad SMARTS) is 1. The second-order valence-corrected chi connectivity index (χ2v) is 5.02. The van der Waals surface area contributed by atoms with Crippen LogP contribution in [0.2, 0.25) is 0 Å². The third-order valence-electron chi connectivity index (χ3n) is 3.18. The van der Waals surface area contributed by atoms with E-state index in [0.717, 1.165) is 18.4 Å². The first-order valence-electron chi connectivity index (χ1n) is 6.79. The fraction of sp³-hybridized carbons (Fsp3) is 0.400. The Balaban J connectivity index is 1.80. The zero-order chi connectivity index (χ0) is 15.2. The van der Waals surface area contributed by atoms with Crippen molar-refractivity contribution in [3.05, 3.63) is 35.9 Å². The minimum Gasteiger partial charge on any atom is -0.480 e. The molecule has 1 aromatic rings. The SMILES string of the molecule is O=C(C[C@H](NC(=O)C1CC1)C(=O)O)OCc1ccccc1. The van der Waals surface area contributed by atoms with Gasteiger partial charge in [0.05, 0.1) is 6.42 Å². The molecule has 1 fully saturated rings. The number of carbonyl (C=O) groups is 3. The highest BCUT2D eigenvalue weighted by molar-refractivity contribution is 5.88. The minimum absolute atomic E-state index is 0.0859. The Bertz CT molecular complexity index is 524. The first-order chi connectivity index (χ1) is 10.1. The van der Waals surface area contributed by atoms with Crippen LogP contribution in [0.15, 0.2) is 30.3 Å². The predicted molar refractivity (Wildman–Crippen MR) is 73.1 cm³/mol. The summed E-state index contributed by atoms with van der Waals surface area (Å²) >= 11 is 0. The lowest BCUT2D eigenvalue weighted by Crippen LogP contribution is -2.43. The van der Waals surface area contributed by atoms with Crippen molar-refractivity contribution in [3.63, 3.8) is 0 Å². The van der Waals surface area contributed by atoms with Gasteiger partial charge in [-0.05, 0) is 18.4 Å². The number of amides is 1. The summed E-state index contributed by atoms with van der Waals surface area (Å²) in [6.07, 6.45) is 1.17. The molecule has 0 aromatic heterocycles. The van der Waals surface area contributed by atoms with Gasteiger partial charge < -0.3 is 15.2 Å². The van der Waals surface area contributed by atoms with Gasteiger partial charge in [-0.2, -0.15) is 0 Å². The maximum Gasteiger partial charge on any atom is 0.326 e. The van der Waals surface area contributed by atoms with Crippen LogP contribution in [-0.4, -0.2) is 29.0 Å². The van der Waals surface area contributed by atoms with Crippen molar-refractivity contribution in [1.82, 2.24) is 5.32 Å². The van der Waals surface area contributed by atoms with Gasteiger partial charge in [-0.3, -0.25) is 9.59 Å². The largest absolute Gasteiger partial charge is 0.480 e. The van der Waals surface area contributed by atoms with E-state index >= 15 is 0 Å². The van der Waals surface area contributed by atoms with Crippen molar-refractivity contribution in [2.75, 3.05) is 0 Å². The van der Waals surface area contributed by atoms with Gasteiger partial charge in [0.1, 0.15) is 12.6 Å². The molecule has 0 unspecified atom stereocenters. The fourth-order valence-corrected chi connectivity index (χ4v) is 1.80. The number of carboxylic acids is 1. The molecule has 112 valence electrons. The Morgan fingerprint density at radius 3 is 2.48 bits per heavy atom. The number of esters is 1. The molecule has 1 aliphatic rings. The van der Waals surface area contributed by atoms with Crippen molar-refractivity contribution in [3.8, 4) is 0 Å². The summed E-state index contributed by atoms with van der Waals surface area (Å²) in [7, 11) is 0. The summed E-state index contributed by atoms with van der Waals surface area (Å²) in [4.78, 5) is 34.3. The van der Waals surface area contributed by atoms with E-state index in [-0.39, 0.29) is 24.9 Å². The van der Waals surface area contributed by atoms with Crippen molar-refractivity contribution in [2.24, 2.45) is 5.92 Å². The number of benzene rings is 1. The Morgan fingerprint density at radius 1 is 1.24 bits per heavy atom. The smallest absolute Gasteiger partial charge is 0.326 e. The van der Waals surface area contributed by atoms with Crippen LogP contribution in [0.25, 0.3) is 0 Å². The third kappa shape index (κ3) is 4.91. The van der Waals surface area contributed by atoms with Crippen molar-refractivity contribution in [1.29, 1.82) is 0 Å². The van der Waals surface area contributed by atoms with Gasteiger partial charge >= 0.3 is 11.9 Å². The van der Waals surface area contributed by atoms with Gasteiger partial charge in [-0.15, -0.1) is 0 Å². The summed E-state index contributed by atoms with van der Waals surface area (Å²) in [5, 5.41) is 11.4. The number of aliphatic carboxylic acids is 1. The molecule has 1 atom stereocenters. The van der Waals surface area contributed by atoms with E-state index in [1.54, 1.807) is 12.1 Å². The van der Waals surface area contributed by atoms with Crippen LogP contribution >= 0.6 is 0 Å². The maximum absolute atomic E-state index is 11.7.